The zero-order chi connectivity index (χ0) is 25.7. The van der Waals surface area contributed by atoms with Gasteiger partial charge in [-0.1, -0.05) is 41.9 Å². The smallest absolute Gasteiger partial charge is 0.293 e. The molecule has 1 aliphatic heterocycles. The number of nitriles is 1. The summed E-state index contributed by atoms with van der Waals surface area (Å²) in [6.07, 6.45) is 1.68. The highest BCUT2D eigenvalue weighted by Gasteiger charge is 2.35. The van der Waals surface area contributed by atoms with Gasteiger partial charge in [0, 0.05) is 5.02 Å². The van der Waals surface area contributed by atoms with Crippen LogP contribution in [-0.4, -0.2) is 22.7 Å². The number of hydrogen-bond donors (Lipinski definition) is 0. The first kappa shape index (κ1) is 26.1. The number of ether oxygens (including phenoxy) is 2. The minimum atomic E-state index is -0.395. The van der Waals surface area contributed by atoms with E-state index >= 15 is 0 Å². The molecule has 0 N–H and O–H groups in total. The molecule has 36 heavy (non-hydrogen) atoms. The van der Waals surface area contributed by atoms with Crippen LogP contribution in [0.2, 0.25) is 5.02 Å². The molecule has 0 saturated carbocycles. The number of halogens is 2. The van der Waals surface area contributed by atoms with Crippen molar-refractivity contribution in [2.24, 2.45) is 0 Å². The molecular formula is C27H20ClIN2O4S. The number of imide groups is 1. The second-order valence-corrected chi connectivity index (χ2v) is 10.3. The number of carbonyl (C=O) groups is 2. The first-order valence-electron chi connectivity index (χ1n) is 11.0. The van der Waals surface area contributed by atoms with E-state index < -0.39 is 5.91 Å². The minimum Gasteiger partial charge on any atom is -0.490 e. The maximum absolute atomic E-state index is 13.0. The Kier molecular flexibility index (Phi) is 8.56. The number of carbonyl (C=O) groups excluding carboxylic acids is 2. The lowest BCUT2D eigenvalue weighted by molar-refractivity contribution is -0.123. The standard InChI is InChI=1S/C27H20ClIN2O4S/c1-2-34-23-12-18(11-22(29)25(23)35-16-17-7-9-21(28)10-8-17)13-24-26(32)31(27(33)36-24)15-20-6-4-3-5-19(20)14-30/h3-13H,2,15-16H2,1H3/b24-13+. The summed E-state index contributed by atoms with van der Waals surface area (Å²) in [5, 5.41) is 9.61. The monoisotopic (exact) mass is 630 g/mol. The van der Waals surface area contributed by atoms with Crippen molar-refractivity contribution in [2.45, 2.75) is 20.1 Å². The SMILES string of the molecule is CCOc1cc(/C=C2/SC(=O)N(Cc3ccccc3C#N)C2=O)cc(I)c1OCc1ccc(Cl)cc1. The van der Waals surface area contributed by atoms with E-state index in [2.05, 4.69) is 28.7 Å². The lowest BCUT2D eigenvalue weighted by Gasteiger charge is -2.15. The van der Waals surface area contributed by atoms with Crippen molar-refractivity contribution < 1.29 is 19.1 Å². The highest BCUT2D eigenvalue weighted by molar-refractivity contribution is 14.1. The molecular weight excluding hydrogens is 611 g/mol. The lowest BCUT2D eigenvalue weighted by Crippen LogP contribution is -2.27. The second-order valence-electron chi connectivity index (χ2n) is 7.71. The Labute approximate surface area is 232 Å². The number of hydrogen-bond acceptors (Lipinski definition) is 6. The van der Waals surface area contributed by atoms with Gasteiger partial charge in [0.2, 0.25) is 0 Å². The molecule has 3 aromatic rings. The maximum Gasteiger partial charge on any atom is 0.293 e. The van der Waals surface area contributed by atoms with Gasteiger partial charge in [-0.15, -0.1) is 0 Å². The third-order valence-corrected chi connectivity index (χ3v) is 7.23. The third kappa shape index (κ3) is 6.03. The number of amides is 2. The molecule has 182 valence electrons. The zero-order valence-electron chi connectivity index (χ0n) is 19.2. The molecule has 1 saturated heterocycles. The van der Waals surface area contributed by atoms with Crippen LogP contribution < -0.4 is 9.47 Å². The van der Waals surface area contributed by atoms with Gasteiger partial charge in [0.05, 0.1) is 33.3 Å². The van der Waals surface area contributed by atoms with Crippen molar-refractivity contribution >= 4 is 63.2 Å². The molecule has 0 bridgehead atoms. The Morgan fingerprint density at radius 3 is 2.58 bits per heavy atom. The number of rotatable bonds is 8. The fourth-order valence-corrected chi connectivity index (χ4v) is 5.28. The molecule has 0 radical (unpaired) electrons. The summed E-state index contributed by atoms with van der Waals surface area (Å²) < 4.78 is 12.7. The van der Waals surface area contributed by atoms with E-state index in [9.17, 15) is 14.9 Å². The van der Waals surface area contributed by atoms with Crippen molar-refractivity contribution in [3.63, 3.8) is 0 Å². The molecule has 0 spiro atoms. The van der Waals surface area contributed by atoms with E-state index in [1.165, 1.54) is 0 Å². The minimum absolute atomic E-state index is 0.0466. The van der Waals surface area contributed by atoms with Gasteiger partial charge in [-0.2, -0.15) is 5.26 Å². The summed E-state index contributed by atoms with van der Waals surface area (Å²) in [5.74, 6) is 0.756. The van der Waals surface area contributed by atoms with Gasteiger partial charge >= 0.3 is 0 Å². The molecule has 0 unspecified atom stereocenters. The van der Waals surface area contributed by atoms with Crippen LogP contribution >= 0.6 is 46.0 Å². The van der Waals surface area contributed by atoms with Crippen molar-refractivity contribution in [2.75, 3.05) is 6.61 Å². The van der Waals surface area contributed by atoms with Crippen LogP contribution in [0.15, 0.2) is 65.6 Å². The maximum atomic E-state index is 13.0. The highest BCUT2D eigenvalue weighted by Crippen LogP contribution is 2.38. The molecule has 2 amide bonds. The molecule has 1 heterocycles. The highest BCUT2D eigenvalue weighted by atomic mass is 127. The van der Waals surface area contributed by atoms with Crippen LogP contribution in [-0.2, 0) is 17.9 Å². The number of benzene rings is 3. The first-order chi connectivity index (χ1) is 17.4. The van der Waals surface area contributed by atoms with Gasteiger partial charge in [-0.3, -0.25) is 14.5 Å². The Bertz CT molecular complexity index is 1390. The van der Waals surface area contributed by atoms with Crippen LogP contribution in [0.3, 0.4) is 0 Å². The molecule has 0 aliphatic carbocycles. The molecule has 3 aromatic carbocycles. The van der Waals surface area contributed by atoms with Gasteiger partial charge in [-0.05, 0) is 94.4 Å². The summed E-state index contributed by atoms with van der Waals surface area (Å²) in [6.45, 7) is 2.71. The molecule has 1 fully saturated rings. The Balaban J connectivity index is 1.56. The Morgan fingerprint density at radius 1 is 1.11 bits per heavy atom. The van der Waals surface area contributed by atoms with E-state index in [0.717, 1.165) is 25.8 Å². The third-order valence-electron chi connectivity index (χ3n) is 5.27. The van der Waals surface area contributed by atoms with E-state index in [-0.39, 0.29) is 11.8 Å². The van der Waals surface area contributed by atoms with Crippen LogP contribution in [0.1, 0.15) is 29.2 Å². The molecule has 4 rings (SSSR count). The normalized spacial score (nSPS) is 14.3. The summed E-state index contributed by atoms with van der Waals surface area (Å²) in [7, 11) is 0. The molecule has 9 heteroatoms. The Hall–Kier alpha value is -3.00. The van der Waals surface area contributed by atoms with E-state index in [1.54, 1.807) is 36.4 Å². The van der Waals surface area contributed by atoms with Crippen LogP contribution in [0.4, 0.5) is 4.79 Å². The van der Waals surface area contributed by atoms with Gasteiger partial charge in [0.1, 0.15) is 6.61 Å². The molecule has 0 aromatic heterocycles. The molecule has 0 atom stereocenters. The molecule has 1 aliphatic rings. The van der Waals surface area contributed by atoms with E-state index in [4.69, 9.17) is 21.1 Å². The quantitative estimate of drug-likeness (QED) is 0.196. The van der Waals surface area contributed by atoms with Crippen LogP contribution in [0.25, 0.3) is 6.08 Å². The van der Waals surface area contributed by atoms with Gasteiger partial charge in [0.25, 0.3) is 11.1 Å². The lowest BCUT2D eigenvalue weighted by atomic mass is 10.1. The second kappa shape index (κ2) is 11.8. The summed E-state index contributed by atoms with van der Waals surface area (Å²) in [4.78, 5) is 27.1. The van der Waals surface area contributed by atoms with E-state index in [1.807, 2.05) is 37.3 Å². The predicted octanol–water partition coefficient (Wildman–Crippen LogP) is 7.03. The van der Waals surface area contributed by atoms with Crippen molar-refractivity contribution in [3.8, 4) is 17.6 Å². The van der Waals surface area contributed by atoms with Crippen LogP contribution in [0.5, 0.6) is 11.5 Å². The average molecular weight is 631 g/mol. The Morgan fingerprint density at radius 2 is 1.86 bits per heavy atom. The average Bonchev–Trinajstić information content (AvgIpc) is 3.12. The zero-order valence-corrected chi connectivity index (χ0v) is 22.9. The first-order valence-corrected chi connectivity index (χ1v) is 13.2. The fourth-order valence-electron chi connectivity index (χ4n) is 3.54. The topological polar surface area (TPSA) is 79.6 Å². The predicted molar refractivity (Wildman–Crippen MR) is 149 cm³/mol. The number of thioether (sulfide) groups is 1. The summed E-state index contributed by atoms with van der Waals surface area (Å²) in [6, 6.07) is 20.1. The van der Waals surface area contributed by atoms with Gasteiger partial charge < -0.3 is 9.47 Å². The van der Waals surface area contributed by atoms with Crippen molar-refractivity contribution in [1.82, 2.24) is 4.90 Å². The van der Waals surface area contributed by atoms with Crippen LogP contribution in [0, 0.1) is 14.9 Å². The largest absolute Gasteiger partial charge is 0.490 e. The fraction of sp³-hybridized carbons (Fsp3) is 0.148. The molecule has 6 nitrogen and oxygen atoms in total. The van der Waals surface area contributed by atoms with Crippen molar-refractivity contribution in [3.05, 3.63) is 96.4 Å². The summed E-state index contributed by atoms with van der Waals surface area (Å²) >= 11 is 9.00. The number of nitrogens with zero attached hydrogens (tertiary/aromatic N) is 2. The summed E-state index contributed by atoms with van der Waals surface area (Å²) in [5.41, 5.74) is 2.74. The van der Waals surface area contributed by atoms with Crippen molar-refractivity contribution in [1.29, 1.82) is 5.26 Å². The van der Waals surface area contributed by atoms with E-state index in [0.29, 0.717) is 51.3 Å². The van der Waals surface area contributed by atoms with Gasteiger partial charge in [0.15, 0.2) is 11.5 Å². The van der Waals surface area contributed by atoms with Gasteiger partial charge in [-0.25, -0.2) is 0 Å².